The van der Waals surface area contributed by atoms with Gasteiger partial charge in [0.15, 0.2) is 24.1 Å². The van der Waals surface area contributed by atoms with Crippen LogP contribution in [0.5, 0.6) is 11.5 Å². The first kappa shape index (κ1) is 11.6. The second-order valence-electron chi connectivity index (χ2n) is 3.52. The molecule has 0 radical (unpaired) electrons. The van der Waals surface area contributed by atoms with Crippen LogP contribution in [0.15, 0.2) is 12.1 Å². The van der Waals surface area contributed by atoms with Crippen LogP contribution in [0.4, 0.5) is 0 Å². The number of hydrogen-bond acceptors (Lipinski definition) is 6. The molecule has 1 aliphatic heterocycles. The van der Waals surface area contributed by atoms with Crippen molar-refractivity contribution in [2.45, 2.75) is 12.2 Å². The summed E-state index contributed by atoms with van der Waals surface area (Å²) in [5, 5.41) is 18.9. The molecule has 90 valence electrons. The summed E-state index contributed by atoms with van der Waals surface area (Å²) in [6.07, 6.45) is -2.35. The normalized spacial score (nSPS) is 16.4. The predicted octanol–water partition coefficient (Wildman–Crippen LogP) is -0.179. The van der Waals surface area contributed by atoms with Gasteiger partial charge in [0.2, 0.25) is 6.79 Å². The summed E-state index contributed by atoms with van der Waals surface area (Å²) in [6.45, 7) is 0.0312. The largest absolute Gasteiger partial charge is 0.454 e. The molecule has 0 saturated carbocycles. The molecular formula is C11H10O6. The number of hydrogen-bond donors (Lipinski definition) is 2. The van der Waals surface area contributed by atoms with Gasteiger partial charge in [-0.05, 0) is 17.7 Å². The Kier molecular flexibility index (Phi) is 3.08. The van der Waals surface area contributed by atoms with E-state index in [1.165, 1.54) is 12.1 Å². The van der Waals surface area contributed by atoms with E-state index in [2.05, 4.69) is 0 Å². The highest BCUT2D eigenvalue weighted by Crippen LogP contribution is 2.36. The van der Waals surface area contributed by atoms with Crippen molar-refractivity contribution in [1.29, 1.82) is 0 Å². The summed E-state index contributed by atoms with van der Waals surface area (Å²) in [5.74, 6) is 0.756. The Labute approximate surface area is 96.4 Å². The zero-order chi connectivity index (χ0) is 12.4. The Morgan fingerprint density at radius 1 is 1.18 bits per heavy atom. The molecule has 0 saturated heterocycles. The first-order valence-electron chi connectivity index (χ1n) is 4.87. The molecular weight excluding hydrogens is 228 g/mol. The Hall–Kier alpha value is -1.92. The maximum atomic E-state index is 10.9. The molecule has 2 N–H and O–H groups in total. The highest BCUT2D eigenvalue weighted by molar-refractivity contribution is 5.80. The van der Waals surface area contributed by atoms with Gasteiger partial charge in [0.05, 0.1) is 0 Å². The third-order valence-corrected chi connectivity index (χ3v) is 2.49. The van der Waals surface area contributed by atoms with Crippen molar-refractivity contribution in [3.8, 4) is 11.5 Å². The van der Waals surface area contributed by atoms with Crippen molar-refractivity contribution in [3.63, 3.8) is 0 Å². The molecule has 0 unspecified atom stereocenters. The summed E-state index contributed by atoms with van der Waals surface area (Å²) < 4.78 is 10.2. The number of aliphatic hydroxyl groups excluding tert-OH is 2. The van der Waals surface area contributed by atoms with E-state index in [9.17, 15) is 19.8 Å². The van der Waals surface area contributed by atoms with Crippen LogP contribution >= 0.6 is 0 Å². The molecule has 0 fully saturated rings. The zero-order valence-electron chi connectivity index (χ0n) is 8.70. The van der Waals surface area contributed by atoms with Crippen LogP contribution in [0.1, 0.15) is 22.0 Å². The highest BCUT2D eigenvalue weighted by Gasteiger charge is 2.24. The van der Waals surface area contributed by atoms with Crippen molar-refractivity contribution >= 4 is 12.6 Å². The molecule has 1 aromatic rings. The lowest BCUT2D eigenvalue weighted by Crippen LogP contribution is -2.20. The highest BCUT2D eigenvalue weighted by atomic mass is 16.7. The molecule has 0 aliphatic carbocycles. The summed E-state index contributed by atoms with van der Waals surface area (Å²) >= 11 is 0. The minimum atomic E-state index is -1.59. The molecule has 1 heterocycles. The molecule has 0 aromatic heterocycles. The van der Waals surface area contributed by atoms with Crippen LogP contribution in [0, 0.1) is 0 Å². The van der Waals surface area contributed by atoms with Gasteiger partial charge in [-0.15, -0.1) is 0 Å². The van der Waals surface area contributed by atoms with Crippen molar-refractivity contribution in [2.24, 2.45) is 0 Å². The lowest BCUT2D eigenvalue weighted by atomic mass is 9.99. The van der Waals surface area contributed by atoms with Crippen LogP contribution in [0.25, 0.3) is 0 Å². The lowest BCUT2D eigenvalue weighted by Gasteiger charge is -2.15. The van der Waals surface area contributed by atoms with Gasteiger partial charge in [-0.1, -0.05) is 0 Å². The smallest absolute Gasteiger partial charge is 0.231 e. The second-order valence-corrected chi connectivity index (χ2v) is 3.52. The van der Waals surface area contributed by atoms with E-state index < -0.39 is 12.2 Å². The number of fused-ring (bicyclic) bond motifs is 1. The van der Waals surface area contributed by atoms with Gasteiger partial charge in [0, 0.05) is 5.56 Å². The van der Waals surface area contributed by atoms with Gasteiger partial charge in [-0.3, -0.25) is 4.79 Å². The zero-order valence-corrected chi connectivity index (χ0v) is 8.70. The fourth-order valence-electron chi connectivity index (χ4n) is 1.59. The first-order chi connectivity index (χ1) is 8.17. The fraction of sp³-hybridized carbons (Fsp3) is 0.273. The van der Waals surface area contributed by atoms with Crippen LogP contribution in [-0.4, -0.2) is 35.7 Å². The van der Waals surface area contributed by atoms with Gasteiger partial charge < -0.3 is 24.5 Å². The van der Waals surface area contributed by atoms with Crippen LogP contribution < -0.4 is 9.47 Å². The molecule has 0 spiro atoms. The van der Waals surface area contributed by atoms with E-state index in [-0.39, 0.29) is 24.2 Å². The van der Waals surface area contributed by atoms with E-state index in [0.29, 0.717) is 17.8 Å². The molecule has 1 aliphatic rings. The maximum absolute atomic E-state index is 10.9. The number of carbonyl (C=O) groups excluding carboxylic acids is 2. The molecule has 0 amide bonds. The summed E-state index contributed by atoms with van der Waals surface area (Å²) in [7, 11) is 0. The minimum absolute atomic E-state index is 0.0312. The lowest BCUT2D eigenvalue weighted by molar-refractivity contribution is -0.120. The minimum Gasteiger partial charge on any atom is -0.454 e. The molecule has 6 heteroatoms. The quantitative estimate of drug-likeness (QED) is 0.707. The molecule has 2 rings (SSSR count). The number of aliphatic hydroxyl groups is 2. The number of rotatable bonds is 4. The van der Waals surface area contributed by atoms with Crippen molar-refractivity contribution < 1.29 is 29.3 Å². The third-order valence-electron chi connectivity index (χ3n) is 2.49. The van der Waals surface area contributed by atoms with E-state index in [1.54, 1.807) is 0 Å². The number of carbonyl (C=O) groups is 2. The van der Waals surface area contributed by atoms with E-state index >= 15 is 0 Å². The topological polar surface area (TPSA) is 93.1 Å². The van der Waals surface area contributed by atoms with Crippen molar-refractivity contribution in [3.05, 3.63) is 23.3 Å². The van der Waals surface area contributed by atoms with Crippen LogP contribution in [0.2, 0.25) is 0 Å². The number of ether oxygens (including phenoxy) is 2. The van der Waals surface area contributed by atoms with Crippen molar-refractivity contribution in [2.75, 3.05) is 6.79 Å². The summed E-state index contributed by atoms with van der Waals surface area (Å²) in [6, 6.07) is 2.77. The average molecular weight is 238 g/mol. The van der Waals surface area contributed by atoms with Crippen molar-refractivity contribution in [1.82, 2.24) is 0 Å². The van der Waals surface area contributed by atoms with E-state index in [1.807, 2.05) is 0 Å². The van der Waals surface area contributed by atoms with Gasteiger partial charge in [0.1, 0.15) is 12.2 Å². The Balaban J connectivity index is 2.45. The fourth-order valence-corrected chi connectivity index (χ4v) is 1.59. The standard InChI is InChI=1S/C11H10O6/c12-3-6-1-9-10(17-5-16-9)2-7(6)11(15)8(14)4-13/h1-4,8,11,14-15H,5H2/t8-,11+/m0/s1. The van der Waals surface area contributed by atoms with Gasteiger partial charge in [-0.25, -0.2) is 0 Å². The van der Waals surface area contributed by atoms with Gasteiger partial charge in [-0.2, -0.15) is 0 Å². The van der Waals surface area contributed by atoms with E-state index in [0.717, 1.165) is 0 Å². The van der Waals surface area contributed by atoms with E-state index in [4.69, 9.17) is 9.47 Å². The van der Waals surface area contributed by atoms with Crippen LogP contribution in [-0.2, 0) is 4.79 Å². The average Bonchev–Trinajstić information content (AvgIpc) is 2.82. The summed E-state index contributed by atoms with van der Waals surface area (Å²) in [5.41, 5.74) is 0.270. The first-order valence-corrected chi connectivity index (χ1v) is 4.87. The number of aldehydes is 2. The molecule has 17 heavy (non-hydrogen) atoms. The van der Waals surface area contributed by atoms with Gasteiger partial charge in [0.25, 0.3) is 0 Å². The predicted molar refractivity (Wildman–Crippen MR) is 55.0 cm³/mol. The monoisotopic (exact) mass is 238 g/mol. The second kappa shape index (κ2) is 4.52. The van der Waals surface area contributed by atoms with Crippen LogP contribution in [0.3, 0.4) is 0 Å². The molecule has 6 nitrogen and oxygen atoms in total. The number of benzene rings is 1. The third kappa shape index (κ3) is 2.00. The van der Waals surface area contributed by atoms with Gasteiger partial charge >= 0.3 is 0 Å². The summed E-state index contributed by atoms with van der Waals surface area (Å²) in [4.78, 5) is 21.3. The molecule has 2 atom stereocenters. The molecule has 0 bridgehead atoms. The Bertz CT molecular complexity index is 456. The Morgan fingerprint density at radius 3 is 2.41 bits per heavy atom. The SMILES string of the molecule is O=Cc1cc2c(cc1[C@@H](O)[C@@H](O)C=O)OCO2. The Morgan fingerprint density at radius 2 is 1.82 bits per heavy atom. The maximum Gasteiger partial charge on any atom is 0.231 e. The molecule has 1 aromatic carbocycles.